The predicted octanol–water partition coefficient (Wildman–Crippen LogP) is 2.87. The highest BCUT2D eigenvalue weighted by Crippen LogP contribution is 2.57. The molecule has 0 spiro atoms. The lowest BCUT2D eigenvalue weighted by molar-refractivity contribution is -0.114. The molecule has 2 unspecified atom stereocenters. The van der Waals surface area contributed by atoms with Crippen LogP contribution in [0.1, 0.15) is 47.0 Å². The molecule has 1 saturated heterocycles. The van der Waals surface area contributed by atoms with Crippen LogP contribution in [0.3, 0.4) is 0 Å². The van der Waals surface area contributed by atoms with Crippen molar-refractivity contribution in [2.24, 2.45) is 5.41 Å². The van der Waals surface area contributed by atoms with E-state index in [1.165, 1.54) is 5.57 Å². The molecule has 2 heteroatoms. The van der Waals surface area contributed by atoms with Crippen LogP contribution in [0.2, 0.25) is 0 Å². The quantitative estimate of drug-likeness (QED) is 0.516. The second kappa shape index (κ2) is 3.18. The lowest BCUT2D eigenvalue weighted by atomic mass is 9.68. The molecule has 0 N–H and O–H groups in total. The smallest absolute Gasteiger partial charge is 0.155 e. The third kappa shape index (κ3) is 1.65. The van der Waals surface area contributed by atoms with Crippen LogP contribution in [0.4, 0.5) is 0 Å². The summed E-state index contributed by atoms with van der Waals surface area (Å²) < 4.78 is 5.74. The Bertz CT molecular complexity index is 321. The molecule has 15 heavy (non-hydrogen) atoms. The van der Waals surface area contributed by atoms with E-state index in [4.69, 9.17) is 4.74 Å². The molecule has 1 aliphatic heterocycles. The normalized spacial score (nSPS) is 40.0. The largest absolute Gasteiger partial charge is 0.362 e. The van der Waals surface area contributed by atoms with Crippen LogP contribution in [0.5, 0.6) is 0 Å². The maximum absolute atomic E-state index is 11.5. The van der Waals surface area contributed by atoms with Gasteiger partial charge in [0.1, 0.15) is 5.60 Å². The molecule has 1 aliphatic carbocycles. The van der Waals surface area contributed by atoms with E-state index in [9.17, 15) is 4.79 Å². The molecule has 84 valence electrons. The Kier molecular flexibility index (Phi) is 2.30. The molecule has 2 rings (SSSR count). The average Bonchev–Trinajstić information content (AvgIpc) is 2.83. The van der Waals surface area contributed by atoms with Crippen molar-refractivity contribution in [2.75, 3.05) is 0 Å². The summed E-state index contributed by atoms with van der Waals surface area (Å²) in [4.78, 5) is 11.5. The number of hydrogen-bond donors (Lipinski definition) is 0. The number of carbonyl (C=O) groups excluding carboxylic acids is 1. The van der Waals surface area contributed by atoms with E-state index in [0.717, 1.165) is 12.8 Å². The molecule has 0 aromatic heterocycles. The van der Waals surface area contributed by atoms with Crippen LogP contribution in [-0.2, 0) is 9.53 Å². The first kappa shape index (κ1) is 10.9. The topological polar surface area (TPSA) is 29.6 Å². The van der Waals surface area contributed by atoms with Crippen molar-refractivity contribution < 1.29 is 9.53 Å². The maximum atomic E-state index is 11.5. The molecule has 2 fully saturated rings. The van der Waals surface area contributed by atoms with Gasteiger partial charge in [-0.1, -0.05) is 20.8 Å². The number of allylic oxidation sites excluding steroid dienone is 1. The molecule has 0 aromatic rings. The van der Waals surface area contributed by atoms with Crippen LogP contribution in [0.25, 0.3) is 0 Å². The third-order valence-electron chi connectivity index (χ3n) is 3.89. The summed E-state index contributed by atoms with van der Waals surface area (Å²) >= 11 is 0. The zero-order chi connectivity index (χ0) is 11.3. The van der Waals surface area contributed by atoms with Gasteiger partial charge in [-0.05, 0) is 36.8 Å². The number of ether oxygens (including phenoxy) is 1. The highest BCUT2D eigenvalue weighted by molar-refractivity contribution is 5.90. The minimum Gasteiger partial charge on any atom is -0.362 e. The summed E-state index contributed by atoms with van der Waals surface area (Å²) in [6.07, 6.45) is 5.03. The van der Waals surface area contributed by atoms with Gasteiger partial charge < -0.3 is 4.74 Å². The Labute approximate surface area is 91.7 Å². The van der Waals surface area contributed by atoms with Gasteiger partial charge in [0.15, 0.2) is 5.78 Å². The lowest BCUT2D eigenvalue weighted by Gasteiger charge is -2.34. The maximum Gasteiger partial charge on any atom is 0.155 e. The fourth-order valence-corrected chi connectivity index (χ4v) is 2.73. The number of epoxide rings is 1. The minimum absolute atomic E-state index is 0.118. The highest BCUT2D eigenvalue weighted by Gasteiger charge is 2.61. The lowest BCUT2D eigenvalue weighted by Crippen LogP contribution is -2.32. The first-order valence-electron chi connectivity index (χ1n) is 5.83. The fourth-order valence-electron chi connectivity index (χ4n) is 2.73. The summed E-state index contributed by atoms with van der Waals surface area (Å²) in [6.45, 7) is 8.45. The Balaban J connectivity index is 2.32. The van der Waals surface area contributed by atoms with Crippen LogP contribution in [-0.4, -0.2) is 17.5 Å². The van der Waals surface area contributed by atoms with Gasteiger partial charge in [-0.3, -0.25) is 4.79 Å². The minimum atomic E-state index is -0.132. The van der Waals surface area contributed by atoms with E-state index >= 15 is 0 Å². The zero-order valence-electron chi connectivity index (χ0n) is 10.1. The van der Waals surface area contributed by atoms with Crippen LogP contribution in [0, 0.1) is 5.41 Å². The molecule has 1 heterocycles. The van der Waals surface area contributed by atoms with Gasteiger partial charge in [-0.2, -0.15) is 0 Å². The van der Waals surface area contributed by atoms with Crippen LogP contribution >= 0.6 is 0 Å². The second-order valence-corrected chi connectivity index (χ2v) is 5.51. The number of rotatable bonds is 2. The summed E-state index contributed by atoms with van der Waals surface area (Å²) in [5.74, 6) is 0.218. The number of ketones is 1. The van der Waals surface area contributed by atoms with Crippen molar-refractivity contribution in [3.63, 3.8) is 0 Å². The molecule has 1 saturated carbocycles. The Morgan fingerprint density at radius 1 is 1.53 bits per heavy atom. The van der Waals surface area contributed by atoms with E-state index < -0.39 is 0 Å². The number of carbonyl (C=O) groups is 1. The Morgan fingerprint density at radius 3 is 2.80 bits per heavy atom. The summed E-state index contributed by atoms with van der Waals surface area (Å²) in [6, 6.07) is 0. The molecular formula is C13H20O2. The molecule has 0 radical (unpaired) electrons. The van der Waals surface area contributed by atoms with E-state index in [1.54, 1.807) is 0 Å². The van der Waals surface area contributed by atoms with Crippen molar-refractivity contribution in [2.45, 2.75) is 58.7 Å². The molecule has 0 bridgehead atoms. The number of hydrogen-bond acceptors (Lipinski definition) is 2. The van der Waals surface area contributed by atoms with Gasteiger partial charge in [-0.25, -0.2) is 0 Å². The van der Waals surface area contributed by atoms with Gasteiger partial charge >= 0.3 is 0 Å². The van der Waals surface area contributed by atoms with Crippen molar-refractivity contribution in [3.05, 3.63) is 11.6 Å². The number of fused-ring (bicyclic) bond motifs is 1. The standard InChI is InChI=1S/C13H20O2/c1-5-9(14)8-10-12(2,3)7-6-11-13(10,4)15-11/h8,11H,5-7H2,1-4H3. The Hall–Kier alpha value is -0.630. The third-order valence-corrected chi connectivity index (χ3v) is 3.89. The Morgan fingerprint density at radius 2 is 2.20 bits per heavy atom. The zero-order valence-corrected chi connectivity index (χ0v) is 10.1. The van der Waals surface area contributed by atoms with Crippen LogP contribution < -0.4 is 0 Å². The van der Waals surface area contributed by atoms with Crippen molar-refractivity contribution in [1.29, 1.82) is 0 Å². The molecule has 0 amide bonds. The summed E-state index contributed by atoms with van der Waals surface area (Å²) in [5, 5.41) is 0. The van der Waals surface area contributed by atoms with E-state index in [0.29, 0.717) is 12.5 Å². The van der Waals surface area contributed by atoms with Crippen LogP contribution in [0.15, 0.2) is 11.6 Å². The summed E-state index contributed by atoms with van der Waals surface area (Å²) in [5.41, 5.74) is 1.19. The van der Waals surface area contributed by atoms with Gasteiger partial charge in [0.25, 0.3) is 0 Å². The van der Waals surface area contributed by atoms with Crippen molar-refractivity contribution in [1.82, 2.24) is 0 Å². The molecule has 2 nitrogen and oxygen atoms in total. The van der Waals surface area contributed by atoms with Gasteiger partial charge in [0.05, 0.1) is 6.10 Å². The van der Waals surface area contributed by atoms with Gasteiger partial charge in [0.2, 0.25) is 0 Å². The van der Waals surface area contributed by atoms with E-state index in [2.05, 4.69) is 20.8 Å². The van der Waals surface area contributed by atoms with E-state index in [-0.39, 0.29) is 16.8 Å². The molecule has 0 aromatic carbocycles. The first-order valence-corrected chi connectivity index (χ1v) is 5.83. The fraction of sp³-hybridized carbons (Fsp3) is 0.769. The molecular weight excluding hydrogens is 188 g/mol. The summed E-state index contributed by atoms with van der Waals surface area (Å²) in [7, 11) is 0. The monoisotopic (exact) mass is 208 g/mol. The molecule has 2 atom stereocenters. The van der Waals surface area contributed by atoms with Gasteiger partial charge in [-0.15, -0.1) is 0 Å². The molecule has 2 aliphatic rings. The van der Waals surface area contributed by atoms with Crippen molar-refractivity contribution >= 4 is 5.78 Å². The highest BCUT2D eigenvalue weighted by atomic mass is 16.6. The van der Waals surface area contributed by atoms with Crippen molar-refractivity contribution in [3.8, 4) is 0 Å². The SMILES string of the molecule is CCC(=O)C=C1C(C)(C)CCC2OC12C. The second-order valence-electron chi connectivity index (χ2n) is 5.51. The van der Waals surface area contributed by atoms with Gasteiger partial charge in [0, 0.05) is 6.42 Å². The predicted molar refractivity (Wildman–Crippen MR) is 59.7 cm³/mol. The first-order chi connectivity index (χ1) is 6.90. The van der Waals surface area contributed by atoms with E-state index in [1.807, 2.05) is 13.0 Å². The average molecular weight is 208 g/mol.